The summed E-state index contributed by atoms with van der Waals surface area (Å²) >= 11 is 0. The maximum Gasteiger partial charge on any atom is 0.00388 e. The van der Waals surface area contributed by atoms with Crippen molar-refractivity contribution in [2.24, 2.45) is 5.92 Å². The molecule has 0 amide bonds. The van der Waals surface area contributed by atoms with Gasteiger partial charge in [-0.25, -0.2) is 0 Å². The zero-order valence-electron chi connectivity index (χ0n) is 9.34. The minimum Gasteiger partial charge on any atom is -0.317 e. The minimum atomic E-state index is 0.677. The molecule has 2 unspecified atom stereocenters. The van der Waals surface area contributed by atoms with Gasteiger partial charge in [-0.3, -0.25) is 0 Å². The molecule has 2 nitrogen and oxygen atoms in total. The van der Waals surface area contributed by atoms with Crippen molar-refractivity contribution in [3.05, 3.63) is 0 Å². The van der Waals surface area contributed by atoms with Gasteiger partial charge in [-0.15, -0.1) is 0 Å². The van der Waals surface area contributed by atoms with E-state index in [1.165, 1.54) is 38.8 Å². The molecule has 0 aromatic carbocycles. The van der Waals surface area contributed by atoms with Crippen LogP contribution in [0.5, 0.6) is 0 Å². The highest BCUT2D eigenvalue weighted by Gasteiger charge is 2.17. The Kier molecular flexibility index (Phi) is 4.74. The molecule has 0 bridgehead atoms. The van der Waals surface area contributed by atoms with E-state index in [4.69, 9.17) is 0 Å². The highest BCUT2D eigenvalue weighted by Crippen LogP contribution is 2.19. The van der Waals surface area contributed by atoms with E-state index < -0.39 is 0 Å². The minimum absolute atomic E-state index is 0.677. The molecule has 1 rings (SSSR count). The van der Waals surface area contributed by atoms with Crippen molar-refractivity contribution in [2.75, 3.05) is 27.2 Å². The Bertz CT molecular complexity index is 136. The summed E-state index contributed by atoms with van der Waals surface area (Å²) in [5.41, 5.74) is 0. The van der Waals surface area contributed by atoms with Gasteiger partial charge < -0.3 is 10.2 Å². The summed E-state index contributed by atoms with van der Waals surface area (Å²) in [6.45, 7) is 4.88. The SMILES string of the molecule is CNC(C)CC1CCCCN(C)C1. The Morgan fingerprint density at radius 2 is 2.23 bits per heavy atom. The Balaban J connectivity index is 2.30. The average molecular weight is 184 g/mol. The summed E-state index contributed by atoms with van der Waals surface area (Å²) in [6.07, 6.45) is 5.57. The molecule has 2 atom stereocenters. The van der Waals surface area contributed by atoms with E-state index in [1.54, 1.807) is 0 Å². The van der Waals surface area contributed by atoms with Gasteiger partial charge in [0.25, 0.3) is 0 Å². The summed E-state index contributed by atoms with van der Waals surface area (Å²) in [5, 5.41) is 3.33. The summed E-state index contributed by atoms with van der Waals surface area (Å²) in [5.74, 6) is 0.912. The molecule has 1 N–H and O–H groups in total. The van der Waals surface area contributed by atoms with E-state index in [0.29, 0.717) is 6.04 Å². The number of nitrogens with one attached hydrogen (secondary N) is 1. The number of hydrogen-bond acceptors (Lipinski definition) is 2. The maximum atomic E-state index is 3.33. The summed E-state index contributed by atoms with van der Waals surface area (Å²) < 4.78 is 0. The molecule has 1 aliphatic rings. The van der Waals surface area contributed by atoms with E-state index in [0.717, 1.165) is 5.92 Å². The van der Waals surface area contributed by atoms with Crippen LogP contribution < -0.4 is 5.32 Å². The molecule has 0 saturated carbocycles. The van der Waals surface area contributed by atoms with Crippen LogP contribution in [0.4, 0.5) is 0 Å². The van der Waals surface area contributed by atoms with Gasteiger partial charge in [0.1, 0.15) is 0 Å². The normalized spacial score (nSPS) is 28.4. The Hall–Kier alpha value is -0.0800. The lowest BCUT2D eigenvalue weighted by molar-refractivity contribution is 0.276. The van der Waals surface area contributed by atoms with E-state index in [2.05, 4.69) is 31.2 Å². The van der Waals surface area contributed by atoms with Gasteiger partial charge in [0.2, 0.25) is 0 Å². The van der Waals surface area contributed by atoms with Gasteiger partial charge in [0.05, 0.1) is 0 Å². The quantitative estimate of drug-likeness (QED) is 0.718. The van der Waals surface area contributed by atoms with Gasteiger partial charge in [-0.1, -0.05) is 6.42 Å². The summed E-state index contributed by atoms with van der Waals surface area (Å²) in [7, 11) is 4.31. The zero-order valence-corrected chi connectivity index (χ0v) is 9.34. The molecular formula is C11H24N2. The third-order valence-corrected chi connectivity index (χ3v) is 3.15. The van der Waals surface area contributed by atoms with Crippen LogP contribution in [0.25, 0.3) is 0 Å². The lowest BCUT2D eigenvalue weighted by atomic mass is 9.96. The van der Waals surface area contributed by atoms with Gasteiger partial charge in [0.15, 0.2) is 0 Å². The predicted octanol–water partition coefficient (Wildman–Crippen LogP) is 1.72. The van der Waals surface area contributed by atoms with Crippen molar-refractivity contribution in [3.8, 4) is 0 Å². The molecule has 1 aliphatic heterocycles. The molecule has 0 aromatic heterocycles. The third-order valence-electron chi connectivity index (χ3n) is 3.15. The first kappa shape index (κ1) is 11.0. The smallest absolute Gasteiger partial charge is 0.00388 e. The summed E-state index contributed by atoms with van der Waals surface area (Å²) in [4.78, 5) is 2.49. The molecular weight excluding hydrogens is 160 g/mol. The fourth-order valence-electron chi connectivity index (χ4n) is 2.25. The first-order chi connectivity index (χ1) is 6.22. The molecule has 0 spiro atoms. The number of rotatable bonds is 3. The topological polar surface area (TPSA) is 15.3 Å². The Labute approximate surface area is 82.7 Å². The molecule has 78 valence electrons. The number of nitrogens with zero attached hydrogens (tertiary/aromatic N) is 1. The largest absolute Gasteiger partial charge is 0.317 e. The van der Waals surface area contributed by atoms with Crippen molar-refractivity contribution in [1.82, 2.24) is 10.2 Å². The fraction of sp³-hybridized carbons (Fsp3) is 1.00. The van der Waals surface area contributed by atoms with Crippen LogP contribution >= 0.6 is 0 Å². The molecule has 0 aromatic rings. The van der Waals surface area contributed by atoms with Crippen LogP contribution in [-0.2, 0) is 0 Å². The third kappa shape index (κ3) is 4.10. The average Bonchev–Trinajstić information content (AvgIpc) is 2.30. The lowest BCUT2D eigenvalue weighted by Crippen LogP contribution is -2.30. The molecule has 0 radical (unpaired) electrons. The van der Waals surface area contributed by atoms with Crippen LogP contribution in [0.15, 0.2) is 0 Å². The highest BCUT2D eigenvalue weighted by atomic mass is 15.1. The molecule has 1 fully saturated rings. The van der Waals surface area contributed by atoms with Gasteiger partial charge in [-0.2, -0.15) is 0 Å². The van der Waals surface area contributed by atoms with Crippen molar-refractivity contribution >= 4 is 0 Å². The van der Waals surface area contributed by atoms with E-state index in [9.17, 15) is 0 Å². The Morgan fingerprint density at radius 1 is 1.46 bits per heavy atom. The van der Waals surface area contributed by atoms with Gasteiger partial charge in [0, 0.05) is 12.6 Å². The van der Waals surface area contributed by atoms with Crippen LogP contribution in [-0.4, -0.2) is 38.1 Å². The predicted molar refractivity (Wildman–Crippen MR) is 58.0 cm³/mol. The maximum absolute atomic E-state index is 3.33. The highest BCUT2D eigenvalue weighted by molar-refractivity contribution is 4.72. The van der Waals surface area contributed by atoms with E-state index in [1.807, 2.05) is 0 Å². The Morgan fingerprint density at radius 3 is 2.92 bits per heavy atom. The van der Waals surface area contributed by atoms with Crippen LogP contribution in [0.1, 0.15) is 32.6 Å². The standard InChI is InChI=1S/C11H24N2/c1-10(12-2)8-11-6-4-5-7-13(3)9-11/h10-12H,4-9H2,1-3H3. The van der Waals surface area contributed by atoms with Crippen LogP contribution in [0.3, 0.4) is 0 Å². The second kappa shape index (κ2) is 5.61. The molecule has 0 aliphatic carbocycles. The molecule has 1 saturated heterocycles. The molecule has 1 heterocycles. The lowest BCUT2D eigenvalue weighted by Gasteiger charge is -2.22. The first-order valence-electron chi connectivity index (χ1n) is 5.58. The van der Waals surface area contributed by atoms with Crippen molar-refractivity contribution in [3.63, 3.8) is 0 Å². The van der Waals surface area contributed by atoms with Gasteiger partial charge in [-0.05, 0) is 52.7 Å². The monoisotopic (exact) mass is 184 g/mol. The summed E-state index contributed by atoms with van der Waals surface area (Å²) in [6, 6.07) is 0.677. The van der Waals surface area contributed by atoms with E-state index in [-0.39, 0.29) is 0 Å². The number of likely N-dealkylation sites (tertiary alicyclic amines) is 1. The fourth-order valence-corrected chi connectivity index (χ4v) is 2.25. The molecule has 2 heteroatoms. The van der Waals surface area contributed by atoms with E-state index >= 15 is 0 Å². The van der Waals surface area contributed by atoms with Crippen molar-refractivity contribution in [2.45, 2.75) is 38.6 Å². The second-order valence-electron chi connectivity index (χ2n) is 4.55. The number of hydrogen-bond donors (Lipinski definition) is 1. The van der Waals surface area contributed by atoms with Crippen molar-refractivity contribution < 1.29 is 0 Å². The van der Waals surface area contributed by atoms with Gasteiger partial charge >= 0.3 is 0 Å². The van der Waals surface area contributed by atoms with Crippen LogP contribution in [0.2, 0.25) is 0 Å². The first-order valence-corrected chi connectivity index (χ1v) is 5.58. The zero-order chi connectivity index (χ0) is 9.68. The molecule has 13 heavy (non-hydrogen) atoms. The second-order valence-corrected chi connectivity index (χ2v) is 4.55. The van der Waals surface area contributed by atoms with Crippen molar-refractivity contribution in [1.29, 1.82) is 0 Å². The van der Waals surface area contributed by atoms with Crippen LogP contribution in [0, 0.1) is 5.92 Å².